The fraction of sp³-hybridized carbons (Fsp3) is 0.625. The van der Waals surface area contributed by atoms with Gasteiger partial charge in [-0.15, -0.1) is 0 Å². The third-order valence-electron chi connectivity index (χ3n) is 1.67. The Bertz CT molecular complexity index is 204. The normalized spacial score (nSPS) is 7.85. The number of hydrogen-bond donors (Lipinski definition) is 0. The summed E-state index contributed by atoms with van der Waals surface area (Å²) in [5.74, 6) is 1.20. The summed E-state index contributed by atoms with van der Waals surface area (Å²) in [5, 5.41) is 0. The average Bonchev–Trinajstić information content (AvgIpc) is 2.31. The van der Waals surface area contributed by atoms with Gasteiger partial charge in [-0.25, -0.2) is 4.98 Å². The Morgan fingerprint density at radius 1 is 1.38 bits per heavy atom. The zero-order valence-electron chi connectivity index (χ0n) is 8.13. The van der Waals surface area contributed by atoms with Gasteiger partial charge in [0.2, 0.25) is 0 Å². The van der Waals surface area contributed by atoms with Crippen molar-refractivity contribution in [2.24, 2.45) is 7.05 Å². The van der Waals surface area contributed by atoms with E-state index in [0.717, 1.165) is 6.42 Å². The van der Waals surface area contributed by atoms with E-state index < -0.39 is 0 Å². The molecule has 0 saturated carbocycles. The molecule has 0 spiro atoms. The Balaban J connectivity index is -0.000000333. The molecule has 0 saturated heterocycles. The minimum atomic E-state index is 0. The fourth-order valence-electron chi connectivity index (χ4n) is 0.972. The number of nitrogens with zero attached hydrogens (tertiary/aromatic N) is 2. The van der Waals surface area contributed by atoms with Crippen LogP contribution in [0.4, 0.5) is 0 Å². The van der Waals surface area contributed by atoms with E-state index >= 15 is 0 Å². The van der Waals surface area contributed by atoms with Crippen LogP contribution < -0.4 is 24.8 Å². The van der Waals surface area contributed by atoms with Crippen LogP contribution in [0.3, 0.4) is 0 Å². The molecule has 0 unspecified atom stereocenters. The number of hydrogen-bond acceptors (Lipinski definition) is 1. The molecule has 72 valence electrons. The van der Waals surface area contributed by atoms with Gasteiger partial charge in [0, 0.05) is 25.9 Å². The van der Waals surface area contributed by atoms with Crippen LogP contribution in [-0.2, 0) is 32.9 Å². The summed E-state index contributed by atoms with van der Waals surface area (Å²) < 4.78 is 2.08. The van der Waals surface area contributed by atoms with Crippen LogP contribution in [0.1, 0.15) is 25.6 Å². The SMILES string of the molecule is CCCCc1nccn1C.[Cl-].[Cl-].[Zn+2]. The molecule has 2 nitrogen and oxygen atoms in total. The smallest absolute Gasteiger partial charge is 1.00 e. The van der Waals surface area contributed by atoms with E-state index in [4.69, 9.17) is 0 Å². The maximum absolute atomic E-state index is 4.22. The van der Waals surface area contributed by atoms with E-state index in [-0.39, 0.29) is 44.3 Å². The molecule has 1 aromatic rings. The van der Waals surface area contributed by atoms with Crippen LogP contribution in [0.5, 0.6) is 0 Å². The largest absolute Gasteiger partial charge is 2.00 e. The second-order valence-corrected chi connectivity index (χ2v) is 2.56. The van der Waals surface area contributed by atoms with E-state index in [2.05, 4.69) is 16.5 Å². The molecule has 1 heterocycles. The quantitative estimate of drug-likeness (QED) is 0.511. The molecule has 0 bridgehead atoms. The van der Waals surface area contributed by atoms with Gasteiger partial charge in [0.1, 0.15) is 5.82 Å². The first kappa shape index (κ1) is 19.1. The van der Waals surface area contributed by atoms with Gasteiger partial charge < -0.3 is 29.4 Å². The molecule has 0 amide bonds. The number of rotatable bonds is 3. The summed E-state index contributed by atoms with van der Waals surface area (Å²) in [5.41, 5.74) is 0. The number of halogens is 2. The van der Waals surface area contributed by atoms with Gasteiger partial charge in [0.15, 0.2) is 0 Å². The Hall–Kier alpha value is 0.413. The van der Waals surface area contributed by atoms with Crippen molar-refractivity contribution < 1.29 is 44.3 Å². The molecule has 13 heavy (non-hydrogen) atoms. The Morgan fingerprint density at radius 3 is 2.38 bits per heavy atom. The number of aryl methyl sites for hydroxylation is 2. The standard InChI is InChI=1S/C8H14N2.2ClH.Zn/c1-3-4-5-8-9-6-7-10(8)2;;;/h6-7H,3-5H2,1-2H3;2*1H;/q;;;+2/p-2. The first-order chi connectivity index (χ1) is 4.84. The summed E-state index contributed by atoms with van der Waals surface area (Å²) in [6.07, 6.45) is 7.44. The Kier molecular flexibility index (Phi) is 15.4. The molecule has 1 rings (SSSR count). The maximum atomic E-state index is 4.22. The zero-order valence-corrected chi connectivity index (χ0v) is 12.6. The van der Waals surface area contributed by atoms with Gasteiger partial charge in [0.25, 0.3) is 0 Å². The molecule has 5 heteroatoms. The summed E-state index contributed by atoms with van der Waals surface area (Å²) in [4.78, 5) is 4.22. The molecule has 0 aromatic carbocycles. The van der Waals surface area contributed by atoms with Crippen molar-refractivity contribution in [1.82, 2.24) is 9.55 Å². The summed E-state index contributed by atoms with van der Waals surface area (Å²) in [6, 6.07) is 0. The minimum absolute atomic E-state index is 0. The van der Waals surface area contributed by atoms with Crippen molar-refractivity contribution in [2.45, 2.75) is 26.2 Å². The minimum Gasteiger partial charge on any atom is -1.00 e. The zero-order chi connectivity index (χ0) is 7.40. The van der Waals surface area contributed by atoms with Gasteiger partial charge in [-0.05, 0) is 6.42 Å². The summed E-state index contributed by atoms with van der Waals surface area (Å²) in [7, 11) is 2.04. The Morgan fingerprint density at radius 2 is 2.00 bits per heavy atom. The van der Waals surface area contributed by atoms with Gasteiger partial charge in [-0.3, -0.25) is 0 Å². The van der Waals surface area contributed by atoms with Crippen LogP contribution in [-0.4, -0.2) is 9.55 Å². The van der Waals surface area contributed by atoms with Crippen molar-refractivity contribution in [3.8, 4) is 0 Å². The van der Waals surface area contributed by atoms with E-state index in [1.807, 2.05) is 19.4 Å². The van der Waals surface area contributed by atoms with Crippen LogP contribution in [0.15, 0.2) is 12.4 Å². The van der Waals surface area contributed by atoms with Crippen molar-refractivity contribution in [3.05, 3.63) is 18.2 Å². The first-order valence-electron chi connectivity index (χ1n) is 3.80. The van der Waals surface area contributed by atoms with Crippen LogP contribution in [0.25, 0.3) is 0 Å². The molecular weight excluding hydrogens is 260 g/mol. The van der Waals surface area contributed by atoms with Crippen molar-refractivity contribution >= 4 is 0 Å². The molecule has 0 aliphatic carbocycles. The van der Waals surface area contributed by atoms with Crippen molar-refractivity contribution in [1.29, 1.82) is 0 Å². The van der Waals surface area contributed by atoms with Gasteiger partial charge in [-0.2, -0.15) is 0 Å². The second-order valence-electron chi connectivity index (χ2n) is 2.56. The van der Waals surface area contributed by atoms with E-state index in [1.54, 1.807) is 0 Å². The van der Waals surface area contributed by atoms with Crippen LogP contribution in [0.2, 0.25) is 0 Å². The molecule has 0 fully saturated rings. The van der Waals surface area contributed by atoms with E-state index in [0.29, 0.717) is 0 Å². The molecule has 0 N–H and O–H groups in total. The fourth-order valence-corrected chi connectivity index (χ4v) is 0.972. The average molecular weight is 275 g/mol. The monoisotopic (exact) mass is 272 g/mol. The van der Waals surface area contributed by atoms with Gasteiger partial charge >= 0.3 is 19.5 Å². The topological polar surface area (TPSA) is 17.8 Å². The van der Waals surface area contributed by atoms with Crippen molar-refractivity contribution in [2.75, 3.05) is 0 Å². The maximum Gasteiger partial charge on any atom is 2.00 e. The predicted molar refractivity (Wildman–Crippen MR) is 41.8 cm³/mol. The Labute approximate surface area is 105 Å². The summed E-state index contributed by atoms with van der Waals surface area (Å²) in [6.45, 7) is 2.20. The van der Waals surface area contributed by atoms with E-state index in [1.165, 1.54) is 18.7 Å². The first-order valence-corrected chi connectivity index (χ1v) is 3.80. The van der Waals surface area contributed by atoms with Crippen LogP contribution >= 0.6 is 0 Å². The molecule has 0 atom stereocenters. The predicted octanol–water partition coefficient (Wildman–Crippen LogP) is -4.23. The van der Waals surface area contributed by atoms with Gasteiger partial charge in [0.05, 0.1) is 0 Å². The van der Waals surface area contributed by atoms with Gasteiger partial charge in [-0.1, -0.05) is 13.3 Å². The number of aromatic nitrogens is 2. The molecule has 1 aromatic heterocycles. The summed E-state index contributed by atoms with van der Waals surface area (Å²) >= 11 is 0. The molecule has 0 radical (unpaired) electrons. The molecule has 0 aliphatic heterocycles. The number of imidazole rings is 1. The molecule has 0 aliphatic rings. The third kappa shape index (κ3) is 6.48. The molecular formula is C8H14Cl2N2Zn. The van der Waals surface area contributed by atoms with Crippen LogP contribution in [0, 0.1) is 0 Å². The third-order valence-corrected chi connectivity index (χ3v) is 1.67. The van der Waals surface area contributed by atoms with Crippen molar-refractivity contribution in [3.63, 3.8) is 0 Å². The van der Waals surface area contributed by atoms with E-state index in [9.17, 15) is 0 Å². The number of unbranched alkanes of at least 4 members (excludes halogenated alkanes) is 1. The second kappa shape index (κ2) is 10.5.